The summed E-state index contributed by atoms with van der Waals surface area (Å²) in [6, 6.07) is 9.58. The Morgan fingerprint density at radius 1 is 1.19 bits per heavy atom. The van der Waals surface area contributed by atoms with Gasteiger partial charge in [-0.15, -0.1) is 0 Å². The number of benzene rings is 1. The summed E-state index contributed by atoms with van der Waals surface area (Å²) in [5.41, 5.74) is 5.80. The number of nitro groups is 1. The van der Waals surface area contributed by atoms with Crippen LogP contribution < -0.4 is 11.1 Å². The van der Waals surface area contributed by atoms with Crippen LogP contribution in [0.3, 0.4) is 0 Å². The number of anilines is 1. The number of aromatic nitrogens is 1. The number of primary amides is 1. The molecule has 1 aromatic carbocycles. The second-order valence-electron chi connectivity index (χ2n) is 9.74. The molecular formula is C24H27FN4O3. The summed E-state index contributed by atoms with van der Waals surface area (Å²) < 4.78 is 15.1. The molecule has 2 unspecified atom stereocenters. The molecule has 1 aromatic heterocycles. The molecule has 4 aliphatic carbocycles. The molecule has 3 N–H and O–H groups in total. The molecular weight excluding hydrogens is 411 g/mol. The van der Waals surface area contributed by atoms with E-state index in [4.69, 9.17) is 5.73 Å². The number of pyridine rings is 1. The van der Waals surface area contributed by atoms with Crippen LogP contribution in [0.4, 0.5) is 15.8 Å². The number of hydrogen-bond acceptors (Lipinski definition) is 5. The van der Waals surface area contributed by atoms with Crippen molar-refractivity contribution in [2.24, 2.45) is 23.5 Å². The van der Waals surface area contributed by atoms with E-state index in [9.17, 15) is 14.9 Å². The summed E-state index contributed by atoms with van der Waals surface area (Å²) in [4.78, 5) is 28.1. The van der Waals surface area contributed by atoms with Crippen molar-refractivity contribution < 1.29 is 14.1 Å². The fraction of sp³-hybridized carbons (Fsp3) is 0.500. The van der Waals surface area contributed by atoms with Crippen molar-refractivity contribution in [2.45, 2.75) is 56.7 Å². The Kier molecular flexibility index (Phi) is 5.10. The molecule has 4 bridgehead atoms. The molecule has 7 nitrogen and oxygen atoms in total. The Hall–Kier alpha value is -3.03. The average Bonchev–Trinajstić information content (AvgIpc) is 2.73. The van der Waals surface area contributed by atoms with Gasteiger partial charge in [-0.3, -0.25) is 19.9 Å². The zero-order valence-electron chi connectivity index (χ0n) is 17.8. The molecule has 4 fully saturated rings. The highest BCUT2D eigenvalue weighted by Gasteiger charge is 2.56. The average molecular weight is 439 g/mol. The first-order valence-corrected chi connectivity index (χ1v) is 11.3. The Balaban J connectivity index is 1.48. The van der Waals surface area contributed by atoms with E-state index in [1.807, 2.05) is 30.3 Å². The van der Waals surface area contributed by atoms with E-state index < -0.39 is 16.5 Å². The van der Waals surface area contributed by atoms with E-state index in [-0.39, 0.29) is 34.8 Å². The maximum atomic E-state index is 15.1. The zero-order valence-corrected chi connectivity index (χ0v) is 17.8. The van der Waals surface area contributed by atoms with Crippen molar-refractivity contribution in [1.29, 1.82) is 0 Å². The van der Waals surface area contributed by atoms with Gasteiger partial charge in [-0.1, -0.05) is 30.3 Å². The van der Waals surface area contributed by atoms with Gasteiger partial charge in [-0.05, 0) is 61.8 Å². The summed E-state index contributed by atoms with van der Waals surface area (Å²) >= 11 is 0. The van der Waals surface area contributed by atoms with Crippen LogP contribution in [-0.2, 0) is 12.8 Å². The number of aryl methyl sites for hydroxylation is 2. The molecule has 0 aliphatic heterocycles. The standard InChI is InChI=1S/C24H27FN4O3/c25-24-10-15-8-16(11-24)20(17(9-15)12-24)28-21-18(23(26)30)13-27-19(22(21)29(31)32)7-6-14-4-2-1-3-5-14/h1-5,13,15-17,20H,6-12H2,(H2,26,30)(H,27,28). The lowest BCUT2D eigenvalue weighted by Crippen LogP contribution is -2.57. The molecule has 32 heavy (non-hydrogen) atoms. The van der Waals surface area contributed by atoms with Crippen LogP contribution in [0.2, 0.25) is 0 Å². The number of amides is 1. The molecule has 6 rings (SSSR count). The van der Waals surface area contributed by atoms with Gasteiger partial charge in [0.05, 0.1) is 10.5 Å². The van der Waals surface area contributed by atoms with Gasteiger partial charge in [0, 0.05) is 18.7 Å². The minimum absolute atomic E-state index is 0.0175. The van der Waals surface area contributed by atoms with Gasteiger partial charge in [-0.2, -0.15) is 0 Å². The number of nitrogens with two attached hydrogens (primary N) is 1. The fourth-order valence-corrected chi connectivity index (χ4v) is 6.49. The first-order chi connectivity index (χ1) is 15.3. The third-order valence-corrected chi connectivity index (χ3v) is 7.58. The first-order valence-electron chi connectivity index (χ1n) is 11.3. The number of carbonyl (C=O) groups is 1. The van der Waals surface area contributed by atoms with Crippen molar-refractivity contribution in [3.63, 3.8) is 0 Å². The zero-order chi connectivity index (χ0) is 22.5. The van der Waals surface area contributed by atoms with Crippen molar-refractivity contribution >= 4 is 17.3 Å². The predicted octanol–water partition coefficient (Wildman–Crippen LogP) is 4.20. The normalized spacial score (nSPS) is 30.3. The topological polar surface area (TPSA) is 111 Å². The molecule has 8 heteroatoms. The molecule has 0 saturated heterocycles. The van der Waals surface area contributed by atoms with Crippen molar-refractivity contribution in [3.05, 3.63) is 63.5 Å². The molecule has 0 radical (unpaired) electrons. The monoisotopic (exact) mass is 438 g/mol. The van der Waals surface area contributed by atoms with Crippen LogP contribution in [0.15, 0.2) is 36.5 Å². The molecule has 4 aliphatic rings. The molecule has 0 spiro atoms. The van der Waals surface area contributed by atoms with Crippen LogP contribution in [-0.4, -0.2) is 27.5 Å². The number of nitrogens with zero attached hydrogens (tertiary/aromatic N) is 2. The van der Waals surface area contributed by atoms with Crippen LogP contribution >= 0.6 is 0 Å². The number of rotatable bonds is 7. The second kappa shape index (κ2) is 7.83. The van der Waals surface area contributed by atoms with E-state index in [2.05, 4.69) is 10.3 Å². The third kappa shape index (κ3) is 3.72. The van der Waals surface area contributed by atoms with Gasteiger partial charge in [-0.25, -0.2) is 4.39 Å². The van der Waals surface area contributed by atoms with Gasteiger partial charge in [0.25, 0.3) is 5.91 Å². The fourth-order valence-electron chi connectivity index (χ4n) is 6.49. The van der Waals surface area contributed by atoms with E-state index in [0.717, 1.165) is 18.4 Å². The highest BCUT2D eigenvalue weighted by atomic mass is 19.1. The summed E-state index contributed by atoms with van der Waals surface area (Å²) in [5, 5.41) is 15.5. The van der Waals surface area contributed by atoms with Gasteiger partial charge in [0.15, 0.2) is 0 Å². The number of carbonyl (C=O) groups excluding carboxylic acids is 1. The number of nitrogens with one attached hydrogen (secondary N) is 1. The van der Waals surface area contributed by atoms with E-state index >= 15 is 4.39 Å². The van der Waals surface area contributed by atoms with Gasteiger partial charge in [0.1, 0.15) is 17.1 Å². The third-order valence-electron chi connectivity index (χ3n) is 7.58. The summed E-state index contributed by atoms with van der Waals surface area (Å²) in [7, 11) is 0. The first kappa shape index (κ1) is 20.8. The molecule has 2 aromatic rings. The van der Waals surface area contributed by atoms with Crippen LogP contribution in [0.25, 0.3) is 0 Å². The van der Waals surface area contributed by atoms with Gasteiger partial charge < -0.3 is 11.1 Å². The minimum Gasteiger partial charge on any atom is -0.375 e. The van der Waals surface area contributed by atoms with E-state index in [1.54, 1.807) is 0 Å². The Morgan fingerprint density at radius 2 is 1.88 bits per heavy atom. The van der Waals surface area contributed by atoms with Crippen molar-refractivity contribution in [2.75, 3.05) is 5.32 Å². The maximum Gasteiger partial charge on any atom is 0.314 e. The van der Waals surface area contributed by atoms with Crippen molar-refractivity contribution in [3.8, 4) is 0 Å². The second-order valence-corrected chi connectivity index (χ2v) is 9.74. The number of alkyl halides is 1. The summed E-state index contributed by atoms with van der Waals surface area (Å²) in [6.07, 6.45) is 5.72. The Labute approximate surface area is 185 Å². The van der Waals surface area contributed by atoms with E-state index in [0.29, 0.717) is 43.7 Å². The van der Waals surface area contributed by atoms with Crippen molar-refractivity contribution in [1.82, 2.24) is 4.98 Å². The molecule has 1 heterocycles. The quantitative estimate of drug-likeness (QED) is 0.497. The Bertz CT molecular complexity index is 1040. The summed E-state index contributed by atoms with van der Waals surface area (Å²) in [5.74, 6) is -0.163. The highest BCUT2D eigenvalue weighted by molar-refractivity contribution is 6.00. The molecule has 168 valence electrons. The van der Waals surface area contributed by atoms with Gasteiger partial charge >= 0.3 is 5.69 Å². The lowest BCUT2D eigenvalue weighted by molar-refractivity contribution is -0.385. The summed E-state index contributed by atoms with van der Waals surface area (Å²) in [6.45, 7) is 0. The SMILES string of the molecule is NC(=O)c1cnc(CCc2ccccc2)c([N+](=O)[O-])c1NC1C2CC3CC1CC(F)(C3)C2. The maximum absolute atomic E-state index is 15.1. The minimum atomic E-state index is -1.10. The molecule has 1 amide bonds. The highest BCUT2D eigenvalue weighted by Crippen LogP contribution is 2.58. The number of hydrogen-bond donors (Lipinski definition) is 2. The molecule has 2 atom stereocenters. The van der Waals surface area contributed by atoms with Gasteiger partial charge in [0.2, 0.25) is 0 Å². The van der Waals surface area contributed by atoms with Crippen LogP contribution in [0.1, 0.15) is 53.7 Å². The lowest BCUT2D eigenvalue weighted by Gasteiger charge is -2.57. The predicted molar refractivity (Wildman–Crippen MR) is 118 cm³/mol. The number of halogens is 1. The van der Waals surface area contributed by atoms with E-state index in [1.165, 1.54) is 6.20 Å². The largest absolute Gasteiger partial charge is 0.375 e. The van der Waals surface area contributed by atoms with Crippen LogP contribution in [0, 0.1) is 27.9 Å². The lowest BCUT2D eigenvalue weighted by atomic mass is 9.53. The Morgan fingerprint density at radius 3 is 2.47 bits per heavy atom. The molecule has 4 saturated carbocycles. The smallest absolute Gasteiger partial charge is 0.314 e. The van der Waals surface area contributed by atoms with Crippen LogP contribution in [0.5, 0.6) is 0 Å².